The minimum atomic E-state index is -0.384. The average molecular weight is 292 g/mol. The van der Waals surface area contributed by atoms with Crippen molar-refractivity contribution in [2.75, 3.05) is 12.4 Å². The summed E-state index contributed by atoms with van der Waals surface area (Å²) in [5.41, 5.74) is 7.13. The number of amides is 1. The Morgan fingerprint density at radius 2 is 1.90 bits per heavy atom. The summed E-state index contributed by atoms with van der Waals surface area (Å²) in [6.45, 7) is 2.00. The number of rotatable bonds is 4. The van der Waals surface area contributed by atoms with Crippen LogP contribution in [0.25, 0.3) is 0 Å². The van der Waals surface area contributed by atoms with Gasteiger partial charge >= 0.3 is 0 Å². The summed E-state index contributed by atoms with van der Waals surface area (Å²) in [5.74, 6) is -0.384. The Morgan fingerprint density at radius 3 is 2.35 bits per heavy atom. The van der Waals surface area contributed by atoms with Crippen molar-refractivity contribution < 1.29 is 9.59 Å². The first-order valence-electron chi connectivity index (χ1n) is 5.63. The molecule has 0 aliphatic rings. The molecular formula is C15H20N2O2S. The van der Waals surface area contributed by atoms with E-state index in [1.807, 2.05) is 31.1 Å². The van der Waals surface area contributed by atoms with E-state index in [0.29, 0.717) is 5.56 Å². The molecule has 0 spiro atoms. The third-order valence-electron chi connectivity index (χ3n) is 2.50. The van der Waals surface area contributed by atoms with E-state index in [4.69, 9.17) is 10.5 Å². The van der Waals surface area contributed by atoms with Crippen LogP contribution in [0, 0.1) is 0 Å². The lowest BCUT2D eigenvalue weighted by Gasteiger charge is -1.97. The van der Waals surface area contributed by atoms with Crippen molar-refractivity contribution in [3.05, 3.63) is 52.4 Å². The molecule has 1 amide bonds. The Bertz CT molecular complexity index is 538. The van der Waals surface area contributed by atoms with Gasteiger partial charge in [0.1, 0.15) is 11.8 Å². The molecule has 0 fully saturated rings. The fourth-order valence-electron chi connectivity index (χ4n) is 1.69. The van der Waals surface area contributed by atoms with Crippen LogP contribution < -0.4 is 11.1 Å². The summed E-state index contributed by atoms with van der Waals surface area (Å²) in [4.78, 5) is 20.4. The van der Waals surface area contributed by atoms with E-state index in [1.165, 1.54) is 5.56 Å². The van der Waals surface area contributed by atoms with Gasteiger partial charge in [0.2, 0.25) is 0 Å². The predicted molar refractivity (Wildman–Crippen MR) is 85.5 cm³/mol. The number of nitrogens with two attached hydrogens (primary N) is 1. The van der Waals surface area contributed by atoms with Gasteiger partial charge in [0.15, 0.2) is 0 Å². The first kappa shape index (κ1) is 17.9. The second kappa shape index (κ2) is 8.87. The Kier molecular flexibility index (Phi) is 7.93. The lowest BCUT2D eigenvalue weighted by Crippen LogP contribution is -2.11. The van der Waals surface area contributed by atoms with Gasteiger partial charge in [-0.3, -0.25) is 4.79 Å². The van der Waals surface area contributed by atoms with Crippen molar-refractivity contribution in [2.45, 2.75) is 13.8 Å². The number of hydrogen-bond donors (Lipinski definition) is 2. The maximum Gasteiger partial charge on any atom is 0.251 e. The molecule has 0 saturated heterocycles. The van der Waals surface area contributed by atoms with E-state index in [0.717, 1.165) is 16.3 Å². The number of carbonyl (C=O) groups is 2. The molecule has 3 N–H and O–H groups in total. The van der Waals surface area contributed by atoms with Gasteiger partial charge < -0.3 is 15.8 Å². The molecule has 2 rings (SSSR count). The molecule has 0 atom stereocenters. The van der Waals surface area contributed by atoms with Gasteiger partial charge in [-0.25, -0.2) is 0 Å². The molecular weight excluding hydrogens is 272 g/mol. The lowest BCUT2D eigenvalue weighted by atomic mass is 10.1. The minimum Gasteiger partial charge on any atom is -0.379 e. The van der Waals surface area contributed by atoms with Crippen LogP contribution in [0.5, 0.6) is 0 Å². The first-order chi connectivity index (χ1) is 9.20. The molecule has 0 aliphatic heterocycles. The highest BCUT2D eigenvalue weighted by Crippen LogP contribution is 2.29. The highest BCUT2D eigenvalue weighted by Gasteiger charge is 2.12. The van der Waals surface area contributed by atoms with Crippen molar-refractivity contribution in [2.24, 2.45) is 5.73 Å². The number of primary amides is 1. The predicted octanol–water partition coefficient (Wildman–Crippen LogP) is 2.93. The maximum atomic E-state index is 11.2. The second-order valence-electron chi connectivity index (χ2n) is 3.73. The molecule has 1 aromatic carbocycles. The third-order valence-corrected chi connectivity index (χ3v) is 3.65. The fourth-order valence-corrected chi connectivity index (χ4v) is 2.74. The number of nitrogens with one attached hydrogen (secondary N) is 1. The van der Waals surface area contributed by atoms with Gasteiger partial charge in [0, 0.05) is 18.3 Å². The Balaban J connectivity index is 0.00000115. The second-order valence-corrected chi connectivity index (χ2v) is 4.87. The quantitative estimate of drug-likeness (QED) is 0.910. The van der Waals surface area contributed by atoms with Crippen LogP contribution in [0.1, 0.15) is 28.2 Å². The van der Waals surface area contributed by atoms with Crippen LogP contribution in [0.3, 0.4) is 0 Å². The van der Waals surface area contributed by atoms with Gasteiger partial charge in [-0.15, -0.1) is 11.3 Å². The molecule has 1 heterocycles. The number of hydrogen-bond acceptors (Lipinski definition) is 4. The van der Waals surface area contributed by atoms with Gasteiger partial charge in [0.25, 0.3) is 5.91 Å². The van der Waals surface area contributed by atoms with Crippen LogP contribution >= 0.6 is 11.3 Å². The smallest absolute Gasteiger partial charge is 0.251 e. The average Bonchev–Trinajstić information content (AvgIpc) is 2.85. The largest absolute Gasteiger partial charge is 0.379 e. The first-order valence-corrected chi connectivity index (χ1v) is 6.45. The SMILES string of the molecule is C.C=O.CNc1sc(Cc2ccccc2)cc1C(N)=O. The summed E-state index contributed by atoms with van der Waals surface area (Å²) in [5, 5.41) is 3.84. The van der Waals surface area contributed by atoms with Gasteiger partial charge in [-0.05, 0) is 11.6 Å². The van der Waals surface area contributed by atoms with E-state index >= 15 is 0 Å². The van der Waals surface area contributed by atoms with Gasteiger partial charge in [-0.2, -0.15) is 0 Å². The molecule has 20 heavy (non-hydrogen) atoms. The Hall–Kier alpha value is -2.14. The molecule has 0 saturated carbocycles. The maximum absolute atomic E-state index is 11.2. The molecule has 1 aromatic heterocycles. The Labute approximate surface area is 123 Å². The molecule has 0 aliphatic carbocycles. The van der Waals surface area contributed by atoms with Crippen molar-refractivity contribution in [3.63, 3.8) is 0 Å². The molecule has 0 unspecified atom stereocenters. The van der Waals surface area contributed by atoms with E-state index < -0.39 is 0 Å². The minimum absolute atomic E-state index is 0. The van der Waals surface area contributed by atoms with Crippen molar-refractivity contribution in [1.82, 2.24) is 0 Å². The molecule has 0 radical (unpaired) electrons. The van der Waals surface area contributed by atoms with E-state index in [-0.39, 0.29) is 13.3 Å². The summed E-state index contributed by atoms with van der Waals surface area (Å²) in [7, 11) is 1.80. The van der Waals surface area contributed by atoms with Crippen molar-refractivity contribution in [1.29, 1.82) is 0 Å². The van der Waals surface area contributed by atoms with Crippen LogP contribution in [0.4, 0.5) is 5.00 Å². The van der Waals surface area contributed by atoms with E-state index in [2.05, 4.69) is 17.4 Å². The third kappa shape index (κ3) is 4.51. The highest BCUT2D eigenvalue weighted by molar-refractivity contribution is 7.16. The monoisotopic (exact) mass is 292 g/mol. The Morgan fingerprint density at radius 1 is 1.30 bits per heavy atom. The molecule has 0 bridgehead atoms. The molecule has 5 heteroatoms. The summed E-state index contributed by atoms with van der Waals surface area (Å²) < 4.78 is 0. The van der Waals surface area contributed by atoms with Crippen molar-refractivity contribution >= 4 is 29.0 Å². The number of benzene rings is 1. The number of thiophene rings is 1. The van der Waals surface area contributed by atoms with Crippen molar-refractivity contribution in [3.8, 4) is 0 Å². The lowest BCUT2D eigenvalue weighted by molar-refractivity contribution is -0.0979. The molecule has 2 aromatic rings. The zero-order valence-electron chi connectivity index (χ0n) is 10.7. The topological polar surface area (TPSA) is 72.2 Å². The van der Waals surface area contributed by atoms with Crippen LogP contribution in [0.2, 0.25) is 0 Å². The number of anilines is 1. The highest BCUT2D eigenvalue weighted by atomic mass is 32.1. The summed E-state index contributed by atoms with van der Waals surface area (Å²) in [6, 6.07) is 12.0. The zero-order valence-corrected chi connectivity index (χ0v) is 11.5. The van der Waals surface area contributed by atoms with E-state index in [1.54, 1.807) is 18.4 Å². The van der Waals surface area contributed by atoms with Crippen LogP contribution in [0.15, 0.2) is 36.4 Å². The molecule has 4 nitrogen and oxygen atoms in total. The summed E-state index contributed by atoms with van der Waals surface area (Å²) >= 11 is 1.57. The fraction of sp³-hybridized carbons (Fsp3) is 0.200. The number of carbonyl (C=O) groups excluding carboxylic acids is 2. The standard InChI is InChI=1S/C13H14N2OS.CH2O.CH4/c1-15-13-11(12(14)16)8-10(17-13)7-9-5-3-2-4-6-9;1-2;/h2-6,8,15H,7H2,1H3,(H2,14,16);1H2;1H4. The molecule has 108 valence electrons. The normalized spacial score (nSPS) is 8.85. The zero-order chi connectivity index (χ0) is 14.3. The van der Waals surface area contributed by atoms with E-state index in [9.17, 15) is 4.79 Å². The summed E-state index contributed by atoms with van der Waals surface area (Å²) in [6.07, 6.45) is 0.827. The van der Waals surface area contributed by atoms with Gasteiger partial charge in [-0.1, -0.05) is 37.8 Å². The van der Waals surface area contributed by atoms with Gasteiger partial charge in [0.05, 0.1) is 5.56 Å². The van der Waals surface area contributed by atoms with Crippen LogP contribution in [-0.4, -0.2) is 19.7 Å². The van der Waals surface area contributed by atoms with Crippen LogP contribution in [-0.2, 0) is 11.2 Å².